The molecule has 0 bridgehead atoms. The Kier molecular flexibility index (Phi) is 5.02. The molecule has 1 N–H and O–H groups in total. The molecule has 0 saturated carbocycles. The van der Waals surface area contributed by atoms with Gasteiger partial charge in [-0.05, 0) is 41.8 Å². The van der Waals surface area contributed by atoms with Crippen LogP contribution in [0.2, 0.25) is 5.02 Å². The van der Waals surface area contributed by atoms with Gasteiger partial charge in [0.05, 0.1) is 5.69 Å². The summed E-state index contributed by atoms with van der Waals surface area (Å²) in [6.07, 6.45) is 1.07. The van der Waals surface area contributed by atoms with Crippen LogP contribution in [-0.2, 0) is 19.5 Å². The fraction of sp³-hybridized carbons (Fsp3) is 0.200. The molecule has 2 heterocycles. The van der Waals surface area contributed by atoms with Crippen molar-refractivity contribution in [1.82, 2.24) is 9.88 Å². The molecule has 0 spiro atoms. The third-order valence-corrected chi connectivity index (χ3v) is 5.53. The molecule has 1 aliphatic heterocycles. The van der Waals surface area contributed by atoms with E-state index in [1.54, 1.807) is 24.3 Å². The Labute approximate surface area is 161 Å². The fourth-order valence-electron chi connectivity index (χ4n) is 3.13. The average molecular weight is 384 g/mol. The molecule has 2 aromatic carbocycles. The van der Waals surface area contributed by atoms with E-state index in [1.165, 1.54) is 22.5 Å². The first-order valence-corrected chi connectivity index (χ1v) is 9.73. The van der Waals surface area contributed by atoms with Gasteiger partial charge in [-0.3, -0.25) is 15.0 Å². The second kappa shape index (κ2) is 7.58. The third kappa shape index (κ3) is 3.96. The van der Waals surface area contributed by atoms with Crippen molar-refractivity contribution in [3.05, 3.63) is 81.3 Å². The van der Waals surface area contributed by atoms with Crippen molar-refractivity contribution in [1.29, 1.82) is 0 Å². The number of benzene rings is 2. The first-order chi connectivity index (χ1) is 12.7. The first kappa shape index (κ1) is 17.2. The van der Waals surface area contributed by atoms with Crippen molar-refractivity contribution < 1.29 is 4.79 Å². The summed E-state index contributed by atoms with van der Waals surface area (Å²) in [7, 11) is 0. The summed E-state index contributed by atoms with van der Waals surface area (Å²) in [6, 6.07) is 15.4. The van der Waals surface area contributed by atoms with Gasteiger partial charge in [0.15, 0.2) is 5.13 Å². The van der Waals surface area contributed by atoms with Gasteiger partial charge in [-0.1, -0.05) is 35.9 Å². The smallest absolute Gasteiger partial charge is 0.257 e. The van der Waals surface area contributed by atoms with E-state index in [4.69, 9.17) is 11.6 Å². The molecule has 3 aromatic rings. The summed E-state index contributed by atoms with van der Waals surface area (Å²) < 4.78 is 0. The lowest BCUT2D eigenvalue weighted by atomic mass is 10.00. The lowest BCUT2D eigenvalue weighted by Crippen LogP contribution is -2.30. The number of hydrogen-bond acceptors (Lipinski definition) is 4. The fourth-order valence-corrected chi connectivity index (χ4v) is 3.95. The molecule has 4 rings (SSSR count). The zero-order valence-electron chi connectivity index (χ0n) is 14.1. The molecular formula is C20H18ClN3OS. The molecule has 6 heteroatoms. The van der Waals surface area contributed by atoms with E-state index in [1.807, 2.05) is 5.38 Å². The Balaban J connectivity index is 1.38. The van der Waals surface area contributed by atoms with Gasteiger partial charge >= 0.3 is 0 Å². The highest BCUT2D eigenvalue weighted by atomic mass is 35.5. The molecule has 0 fully saturated rings. The molecule has 0 unspecified atom stereocenters. The van der Waals surface area contributed by atoms with Crippen LogP contribution in [0.25, 0.3) is 0 Å². The Morgan fingerprint density at radius 2 is 1.92 bits per heavy atom. The summed E-state index contributed by atoms with van der Waals surface area (Å²) in [6.45, 7) is 2.77. The molecule has 132 valence electrons. The maximum atomic E-state index is 12.3. The zero-order valence-corrected chi connectivity index (χ0v) is 15.7. The molecule has 4 nitrogen and oxygen atoms in total. The van der Waals surface area contributed by atoms with Gasteiger partial charge < -0.3 is 0 Å². The number of carbonyl (C=O) groups excluding carboxylic acids is 1. The number of anilines is 1. The first-order valence-electron chi connectivity index (χ1n) is 8.48. The minimum Gasteiger partial charge on any atom is -0.298 e. The van der Waals surface area contributed by atoms with Crippen LogP contribution in [0.5, 0.6) is 0 Å². The number of hydrogen-bond donors (Lipinski definition) is 1. The van der Waals surface area contributed by atoms with Crippen molar-refractivity contribution in [2.45, 2.75) is 19.5 Å². The molecular weight excluding hydrogens is 366 g/mol. The number of rotatable bonds is 4. The van der Waals surface area contributed by atoms with Gasteiger partial charge in [-0.2, -0.15) is 0 Å². The Morgan fingerprint density at radius 3 is 2.73 bits per heavy atom. The highest BCUT2D eigenvalue weighted by molar-refractivity contribution is 7.14. The molecule has 26 heavy (non-hydrogen) atoms. The van der Waals surface area contributed by atoms with E-state index in [2.05, 4.69) is 39.5 Å². The van der Waals surface area contributed by atoms with Crippen LogP contribution in [0.3, 0.4) is 0 Å². The highest BCUT2D eigenvalue weighted by Crippen LogP contribution is 2.22. The quantitative estimate of drug-likeness (QED) is 0.715. The third-order valence-electron chi connectivity index (χ3n) is 4.47. The number of nitrogens with one attached hydrogen (secondary N) is 1. The van der Waals surface area contributed by atoms with Crippen LogP contribution in [0.15, 0.2) is 53.9 Å². The van der Waals surface area contributed by atoms with E-state index >= 15 is 0 Å². The molecule has 1 aliphatic rings. The van der Waals surface area contributed by atoms with Crippen LogP contribution in [0.4, 0.5) is 5.13 Å². The summed E-state index contributed by atoms with van der Waals surface area (Å²) in [5.41, 5.74) is 4.39. The standard InChI is InChI=1S/C20H18ClN3OS/c21-17-7-5-15(6-8-17)19(25)23-20-22-18(13-26-20)12-24-10-9-14-3-1-2-4-16(14)11-24/h1-8,13H,9-12H2,(H,22,23,25). The summed E-state index contributed by atoms with van der Waals surface area (Å²) >= 11 is 7.31. The van der Waals surface area contributed by atoms with Crippen LogP contribution in [0.1, 0.15) is 27.2 Å². The second-order valence-corrected chi connectivity index (χ2v) is 7.63. The highest BCUT2D eigenvalue weighted by Gasteiger charge is 2.17. The van der Waals surface area contributed by atoms with Gasteiger partial charge in [0.1, 0.15) is 0 Å². The molecule has 0 saturated heterocycles. The number of nitrogens with zero attached hydrogens (tertiary/aromatic N) is 2. The SMILES string of the molecule is O=C(Nc1nc(CN2CCc3ccccc3C2)cs1)c1ccc(Cl)cc1. The molecule has 0 radical (unpaired) electrons. The number of thiazole rings is 1. The van der Waals surface area contributed by atoms with Crippen LogP contribution >= 0.6 is 22.9 Å². The van der Waals surface area contributed by atoms with Crippen molar-refractivity contribution >= 4 is 34.0 Å². The number of fused-ring (bicyclic) bond motifs is 1. The Morgan fingerprint density at radius 1 is 1.15 bits per heavy atom. The number of carbonyl (C=O) groups is 1. The summed E-state index contributed by atoms with van der Waals surface area (Å²) in [5.74, 6) is -0.172. The molecule has 1 aromatic heterocycles. The lowest BCUT2D eigenvalue weighted by molar-refractivity contribution is 0.102. The molecule has 1 amide bonds. The number of aromatic nitrogens is 1. The largest absolute Gasteiger partial charge is 0.298 e. The van der Waals surface area contributed by atoms with Gasteiger partial charge in [0.2, 0.25) is 0 Å². The van der Waals surface area contributed by atoms with Gasteiger partial charge in [0.25, 0.3) is 5.91 Å². The molecule has 0 aliphatic carbocycles. The van der Waals surface area contributed by atoms with Gasteiger partial charge in [-0.15, -0.1) is 11.3 Å². The van der Waals surface area contributed by atoms with E-state index in [-0.39, 0.29) is 5.91 Å². The van der Waals surface area contributed by atoms with Crippen LogP contribution in [0, 0.1) is 0 Å². The van der Waals surface area contributed by atoms with Crippen molar-refractivity contribution in [3.63, 3.8) is 0 Å². The maximum Gasteiger partial charge on any atom is 0.257 e. The topological polar surface area (TPSA) is 45.2 Å². The van der Waals surface area contributed by atoms with Gasteiger partial charge in [0, 0.05) is 35.6 Å². The van der Waals surface area contributed by atoms with Crippen molar-refractivity contribution in [2.75, 3.05) is 11.9 Å². The number of amides is 1. The molecule has 0 atom stereocenters. The Bertz CT molecular complexity index is 923. The lowest BCUT2D eigenvalue weighted by Gasteiger charge is -2.27. The average Bonchev–Trinajstić information content (AvgIpc) is 3.09. The monoisotopic (exact) mass is 383 g/mol. The van der Waals surface area contributed by atoms with Crippen molar-refractivity contribution in [2.24, 2.45) is 0 Å². The van der Waals surface area contributed by atoms with E-state index in [0.717, 1.165) is 31.7 Å². The Hall–Kier alpha value is -2.21. The number of halogens is 1. The summed E-state index contributed by atoms with van der Waals surface area (Å²) in [4.78, 5) is 19.2. The van der Waals surface area contributed by atoms with E-state index < -0.39 is 0 Å². The van der Waals surface area contributed by atoms with Crippen LogP contribution in [-0.4, -0.2) is 22.3 Å². The predicted octanol–water partition coefficient (Wildman–Crippen LogP) is 4.61. The predicted molar refractivity (Wildman–Crippen MR) is 106 cm³/mol. The zero-order chi connectivity index (χ0) is 17.9. The van der Waals surface area contributed by atoms with Gasteiger partial charge in [-0.25, -0.2) is 4.98 Å². The normalized spacial score (nSPS) is 14.0. The minimum atomic E-state index is -0.172. The summed E-state index contributed by atoms with van der Waals surface area (Å²) in [5, 5.41) is 6.10. The van der Waals surface area contributed by atoms with E-state index in [9.17, 15) is 4.79 Å². The van der Waals surface area contributed by atoms with Crippen LogP contribution < -0.4 is 5.32 Å². The van der Waals surface area contributed by atoms with E-state index in [0.29, 0.717) is 15.7 Å². The minimum absolute atomic E-state index is 0.172. The maximum absolute atomic E-state index is 12.3. The van der Waals surface area contributed by atoms with Crippen molar-refractivity contribution in [3.8, 4) is 0 Å². The second-order valence-electron chi connectivity index (χ2n) is 6.33.